The third-order valence-electron chi connectivity index (χ3n) is 3.28. The van der Waals surface area contributed by atoms with Crippen LogP contribution < -0.4 is 5.32 Å². The minimum absolute atomic E-state index is 0.468. The van der Waals surface area contributed by atoms with Gasteiger partial charge in [-0.25, -0.2) is 0 Å². The highest BCUT2D eigenvalue weighted by molar-refractivity contribution is 7.99. The molecule has 0 aliphatic carbocycles. The summed E-state index contributed by atoms with van der Waals surface area (Å²) in [5, 5.41) is 6.74. The van der Waals surface area contributed by atoms with Crippen LogP contribution in [-0.2, 0) is 0 Å². The van der Waals surface area contributed by atoms with E-state index in [0.29, 0.717) is 5.37 Å². The Morgan fingerprint density at radius 2 is 1.94 bits per heavy atom. The second-order valence-corrected chi connectivity index (χ2v) is 5.97. The Bertz CT molecular complexity index is 515. The van der Waals surface area contributed by atoms with Crippen LogP contribution in [0, 0.1) is 5.92 Å². The molecule has 88 valence electrons. The third kappa shape index (κ3) is 2.33. The van der Waals surface area contributed by atoms with E-state index in [1.165, 1.54) is 22.1 Å². The molecule has 0 radical (unpaired) electrons. The summed E-state index contributed by atoms with van der Waals surface area (Å²) >= 11 is 2.02. The number of rotatable bonds is 1. The van der Waals surface area contributed by atoms with Crippen molar-refractivity contribution in [2.45, 2.75) is 12.3 Å². The van der Waals surface area contributed by atoms with Gasteiger partial charge >= 0.3 is 0 Å². The predicted molar refractivity (Wildman–Crippen MR) is 76.3 cm³/mol. The molecular weight excluding hydrogens is 226 g/mol. The molecule has 0 aromatic heterocycles. The van der Waals surface area contributed by atoms with Gasteiger partial charge in [-0.2, -0.15) is 0 Å². The van der Waals surface area contributed by atoms with E-state index in [0.717, 1.165) is 12.5 Å². The average Bonchev–Trinajstić information content (AvgIpc) is 2.39. The molecule has 1 nitrogen and oxygen atoms in total. The van der Waals surface area contributed by atoms with Crippen molar-refractivity contribution in [1.29, 1.82) is 0 Å². The van der Waals surface area contributed by atoms with Crippen molar-refractivity contribution >= 4 is 22.5 Å². The molecule has 1 aliphatic rings. The number of benzene rings is 2. The van der Waals surface area contributed by atoms with Gasteiger partial charge in [-0.1, -0.05) is 43.3 Å². The maximum atomic E-state index is 3.61. The van der Waals surface area contributed by atoms with E-state index in [1.54, 1.807) is 0 Å². The Morgan fingerprint density at radius 3 is 2.71 bits per heavy atom. The standard InChI is InChI=1S/C15H17NS/c1-11-9-16-15(17-10-11)14-7-6-12-4-2-3-5-13(12)8-14/h2-8,11,15-16H,9-10H2,1H3. The molecule has 0 bridgehead atoms. The van der Waals surface area contributed by atoms with Gasteiger partial charge in [0.25, 0.3) is 0 Å². The van der Waals surface area contributed by atoms with Crippen LogP contribution in [-0.4, -0.2) is 12.3 Å². The first-order chi connectivity index (χ1) is 8.33. The number of hydrogen-bond donors (Lipinski definition) is 1. The maximum absolute atomic E-state index is 3.61. The first kappa shape index (κ1) is 11.1. The lowest BCUT2D eigenvalue weighted by Gasteiger charge is -2.27. The highest BCUT2D eigenvalue weighted by Gasteiger charge is 2.19. The molecule has 2 aromatic carbocycles. The molecule has 0 spiro atoms. The van der Waals surface area contributed by atoms with Gasteiger partial charge in [-0.05, 0) is 40.6 Å². The summed E-state index contributed by atoms with van der Waals surface area (Å²) in [4.78, 5) is 0. The van der Waals surface area contributed by atoms with Gasteiger partial charge in [0.1, 0.15) is 0 Å². The van der Waals surface area contributed by atoms with Gasteiger partial charge < -0.3 is 5.32 Å². The summed E-state index contributed by atoms with van der Waals surface area (Å²) in [6.45, 7) is 3.43. The van der Waals surface area contributed by atoms with Crippen LogP contribution in [0.1, 0.15) is 17.9 Å². The largest absolute Gasteiger partial charge is 0.301 e. The zero-order valence-corrected chi connectivity index (χ0v) is 10.8. The third-order valence-corrected chi connectivity index (χ3v) is 4.81. The van der Waals surface area contributed by atoms with Crippen molar-refractivity contribution in [2.24, 2.45) is 5.92 Å². The Morgan fingerprint density at radius 1 is 1.12 bits per heavy atom. The summed E-state index contributed by atoms with van der Waals surface area (Å²) in [5.74, 6) is 2.04. The van der Waals surface area contributed by atoms with Gasteiger partial charge in [0.15, 0.2) is 0 Å². The van der Waals surface area contributed by atoms with E-state index in [-0.39, 0.29) is 0 Å². The van der Waals surface area contributed by atoms with Crippen LogP contribution in [0.2, 0.25) is 0 Å². The van der Waals surface area contributed by atoms with E-state index < -0.39 is 0 Å². The lowest BCUT2D eigenvalue weighted by Crippen LogP contribution is -2.31. The van der Waals surface area contributed by atoms with Gasteiger partial charge in [0, 0.05) is 0 Å². The van der Waals surface area contributed by atoms with Crippen LogP contribution in [0.25, 0.3) is 10.8 Å². The lowest BCUT2D eigenvalue weighted by molar-refractivity contribution is 0.530. The summed E-state index contributed by atoms with van der Waals surface area (Å²) < 4.78 is 0. The molecule has 0 saturated carbocycles. The fourth-order valence-electron chi connectivity index (χ4n) is 2.27. The van der Waals surface area contributed by atoms with E-state index in [4.69, 9.17) is 0 Å². The number of hydrogen-bond acceptors (Lipinski definition) is 2. The van der Waals surface area contributed by atoms with E-state index in [1.807, 2.05) is 11.8 Å². The molecule has 17 heavy (non-hydrogen) atoms. The van der Waals surface area contributed by atoms with Gasteiger partial charge in [-0.3, -0.25) is 0 Å². The molecule has 0 amide bonds. The van der Waals surface area contributed by atoms with Crippen LogP contribution in [0.4, 0.5) is 0 Å². The van der Waals surface area contributed by atoms with Crippen LogP contribution in [0.3, 0.4) is 0 Å². The average molecular weight is 243 g/mol. The van der Waals surface area contributed by atoms with Gasteiger partial charge in [0.05, 0.1) is 5.37 Å². The van der Waals surface area contributed by atoms with Crippen molar-refractivity contribution in [2.75, 3.05) is 12.3 Å². The normalized spacial score (nSPS) is 25.0. The Kier molecular flexibility index (Phi) is 3.08. The number of fused-ring (bicyclic) bond motifs is 1. The molecular formula is C15H17NS. The molecule has 1 aliphatic heterocycles. The number of thioether (sulfide) groups is 1. The zero-order chi connectivity index (χ0) is 11.7. The van der Waals surface area contributed by atoms with Crippen LogP contribution in [0.15, 0.2) is 42.5 Å². The quantitative estimate of drug-likeness (QED) is 0.817. The monoisotopic (exact) mass is 243 g/mol. The second kappa shape index (κ2) is 4.71. The van der Waals surface area contributed by atoms with E-state index in [9.17, 15) is 0 Å². The van der Waals surface area contributed by atoms with Crippen molar-refractivity contribution in [1.82, 2.24) is 5.32 Å². The molecule has 3 rings (SSSR count). The fourth-order valence-corrected chi connectivity index (χ4v) is 3.46. The highest BCUT2D eigenvalue weighted by Crippen LogP contribution is 2.32. The minimum Gasteiger partial charge on any atom is -0.301 e. The fraction of sp³-hybridized carbons (Fsp3) is 0.333. The number of nitrogens with one attached hydrogen (secondary N) is 1. The minimum atomic E-state index is 0.468. The topological polar surface area (TPSA) is 12.0 Å². The first-order valence-corrected chi connectivity index (χ1v) is 7.21. The Labute approximate surface area is 107 Å². The molecule has 1 saturated heterocycles. The van der Waals surface area contributed by atoms with Crippen LogP contribution >= 0.6 is 11.8 Å². The summed E-state index contributed by atoms with van der Waals surface area (Å²) in [6, 6.07) is 15.4. The SMILES string of the molecule is CC1CNC(c2ccc3ccccc3c2)SC1. The van der Waals surface area contributed by atoms with Gasteiger partial charge in [0.2, 0.25) is 0 Å². The molecule has 1 N–H and O–H groups in total. The molecule has 1 heterocycles. The van der Waals surface area contributed by atoms with Crippen molar-refractivity contribution in [3.05, 3.63) is 48.0 Å². The highest BCUT2D eigenvalue weighted by atomic mass is 32.2. The van der Waals surface area contributed by atoms with E-state index in [2.05, 4.69) is 54.7 Å². The van der Waals surface area contributed by atoms with Crippen molar-refractivity contribution < 1.29 is 0 Å². The molecule has 2 unspecified atom stereocenters. The molecule has 2 aromatic rings. The van der Waals surface area contributed by atoms with Crippen molar-refractivity contribution in [3.8, 4) is 0 Å². The smallest absolute Gasteiger partial charge is 0.0789 e. The van der Waals surface area contributed by atoms with Gasteiger partial charge in [-0.15, -0.1) is 11.8 Å². The Hall–Kier alpha value is -0.990. The second-order valence-electron chi connectivity index (χ2n) is 4.83. The predicted octanol–water partition coefficient (Wildman–Crippen LogP) is 3.81. The Balaban J connectivity index is 1.90. The van der Waals surface area contributed by atoms with Crippen LogP contribution in [0.5, 0.6) is 0 Å². The molecule has 2 heteroatoms. The van der Waals surface area contributed by atoms with Crippen molar-refractivity contribution in [3.63, 3.8) is 0 Å². The maximum Gasteiger partial charge on any atom is 0.0789 e. The first-order valence-electron chi connectivity index (χ1n) is 6.16. The summed E-state index contributed by atoms with van der Waals surface area (Å²) in [6.07, 6.45) is 0. The summed E-state index contributed by atoms with van der Waals surface area (Å²) in [5.41, 5.74) is 1.40. The summed E-state index contributed by atoms with van der Waals surface area (Å²) in [7, 11) is 0. The molecule has 2 atom stereocenters. The zero-order valence-electron chi connectivity index (χ0n) is 10.0. The lowest BCUT2D eigenvalue weighted by atomic mass is 10.1. The van der Waals surface area contributed by atoms with E-state index >= 15 is 0 Å². The molecule has 1 fully saturated rings.